The Balaban J connectivity index is 1.29. The second-order valence-electron chi connectivity index (χ2n) is 8.57. The lowest BCUT2D eigenvalue weighted by atomic mass is 10.1. The van der Waals surface area contributed by atoms with Crippen LogP contribution in [0.2, 0.25) is 0 Å². The number of rotatable bonds is 4. The number of aryl methyl sites for hydroxylation is 1. The van der Waals surface area contributed by atoms with Crippen molar-refractivity contribution >= 4 is 34.7 Å². The van der Waals surface area contributed by atoms with E-state index >= 15 is 0 Å². The molecule has 1 atom stereocenters. The van der Waals surface area contributed by atoms with E-state index in [1.54, 1.807) is 30.3 Å². The maximum atomic E-state index is 12.7. The van der Waals surface area contributed by atoms with Gasteiger partial charge in [-0.3, -0.25) is 14.5 Å². The molecule has 1 fully saturated rings. The Morgan fingerprint density at radius 2 is 2.22 bits per heavy atom. The lowest BCUT2D eigenvalue weighted by molar-refractivity contribution is -0.125. The highest BCUT2D eigenvalue weighted by Gasteiger charge is 2.34. The summed E-state index contributed by atoms with van der Waals surface area (Å²) in [5.74, 6) is 1.31. The normalized spacial score (nSPS) is 18.4. The first kappa shape index (κ1) is 20.5. The fraction of sp³-hybridized carbons (Fsp3) is 0.320. The van der Waals surface area contributed by atoms with Crippen LogP contribution in [0, 0.1) is 6.92 Å². The van der Waals surface area contributed by atoms with Gasteiger partial charge in [-0.1, -0.05) is 18.2 Å². The van der Waals surface area contributed by atoms with Crippen LogP contribution in [-0.4, -0.2) is 46.2 Å². The molecule has 0 aliphatic carbocycles. The van der Waals surface area contributed by atoms with Gasteiger partial charge in [-0.2, -0.15) is 0 Å². The molecule has 0 bridgehead atoms. The van der Waals surface area contributed by atoms with Gasteiger partial charge >= 0.3 is 0 Å². The van der Waals surface area contributed by atoms with Crippen molar-refractivity contribution in [1.29, 1.82) is 0 Å². The molecule has 32 heavy (non-hydrogen) atoms. The minimum atomic E-state index is -0.118. The maximum absolute atomic E-state index is 12.7. The van der Waals surface area contributed by atoms with E-state index in [1.165, 1.54) is 0 Å². The first-order valence-electron chi connectivity index (χ1n) is 10.9. The van der Waals surface area contributed by atoms with Gasteiger partial charge in [0.2, 0.25) is 11.8 Å². The third kappa shape index (κ3) is 3.80. The van der Waals surface area contributed by atoms with Crippen LogP contribution in [0.1, 0.15) is 35.3 Å². The van der Waals surface area contributed by atoms with E-state index in [0.29, 0.717) is 18.9 Å². The van der Waals surface area contributed by atoms with Crippen molar-refractivity contribution in [3.8, 4) is 0 Å². The van der Waals surface area contributed by atoms with Crippen LogP contribution < -0.4 is 5.32 Å². The van der Waals surface area contributed by atoms with Crippen molar-refractivity contribution in [2.45, 2.75) is 38.9 Å². The van der Waals surface area contributed by atoms with E-state index in [2.05, 4.69) is 15.2 Å². The molecule has 1 N–H and O–H groups in total. The number of fused-ring (bicyclic) bond motifs is 3. The van der Waals surface area contributed by atoms with E-state index in [-0.39, 0.29) is 17.9 Å². The van der Waals surface area contributed by atoms with Crippen LogP contribution in [0.4, 0.5) is 5.82 Å². The SMILES string of the molecule is Cc1c(CN(C)C(=O)C=Cc2cnc3c(c2)CN2CCC[C@H]2C(=O)N3)oc2ccccc12. The molecule has 0 unspecified atom stereocenters. The van der Waals surface area contributed by atoms with Crippen LogP contribution in [0.5, 0.6) is 0 Å². The Labute approximate surface area is 186 Å². The van der Waals surface area contributed by atoms with Crippen LogP contribution in [0.25, 0.3) is 17.0 Å². The Bertz CT molecular complexity index is 1230. The third-order valence-corrected chi connectivity index (χ3v) is 6.39. The molecule has 2 aliphatic rings. The van der Waals surface area contributed by atoms with E-state index in [4.69, 9.17) is 4.42 Å². The molecular formula is C25H26N4O3. The van der Waals surface area contributed by atoms with Crippen LogP contribution in [0.3, 0.4) is 0 Å². The van der Waals surface area contributed by atoms with Gasteiger partial charge in [-0.05, 0) is 50.1 Å². The summed E-state index contributed by atoms with van der Waals surface area (Å²) in [7, 11) is 1.76. The van der Waals surface area contributed by atoms with Crippen molar-refractivity contribution < 1.29 is 14.0 Å². The highest BCUT2D eigenvalue weighted by Crippen LogP contribution is 2.28. The Kier molecular flexibility index (Phi) is 5.27. The zero-order valence-corrected chi connectivity index (χ0v) is 18.3. The molecule has 164 valence electrons. The second-order valence-corrected chi connectivity index (χ2v) is 8.57. The number of hydrogen-bond donors (Lipinski definition) is 1. The fourth-order valence-corrected chi connectivity index (χ4v) is 4.55. The van der Waals surface area contributed by atoms with Crippen molar-refractivity contribution in [3.05, 3.63) is 65.1 Å². The van der Waals surface area contributed by atoms with Crippen molar-refractivity contribution in [2.24, 2.45) is 0 Å². The number of anilines is 1. The number of pyridine rings is 1. The number of furan rings is 1. The Hall–Kier alpha value is -3.45. The van der Waals surface area contributed by atoms with Gasteiger partial charge < -0.3 is 14.6 Å². The van der Waals surface area contributed by atoms with Gasteiger partial charge in [-0.15, -0.1) is 0 Å². The first-order valence-corrected chi connectivity index (χ1v) is 10.9. The standard InChI is InChI=1S/C25H26N4O3/c1-16-19-6-3-4-8-21(19)32-22(16)15-28(2)23(30)10-9-17-12-18-14-29-11-5-7-20(29)25(31)27-24(18)26-13-17/h3-4,6,8-10,12-13,20H,5,7,11,14-15H2,1-2H3,(H,26,27,31)/t20-/m0/s1. The van der Waals surface area contributed by atoms with Gasteiger partial charge in [0.1, 0.15) is 17.2 Å². The number of para-hydroxylation sites is 1. The smallest absolute Gasteiger partial charge is 0.246 e. The molecule has 4 heterocycles. The van der Waals surface area contributed by atoms with Crippen LogP contribution >= 0.6 is 0 Å². The molecule has 2 aromatic heterocycles. The molecule has 1 aromatic carbocycles. The monoisotopic (exact) mass is 430 g/mol. The van der Waals surface area contributed by atoms with E-state index in [0.717, 1.165) is 52.8 Å². The molecule has 3 aromatic rings. The number of nitrogens with one attached hydrogen (secondary N) is 1. The summed E-state index contributed by atoms with van der Waals surface area (Å²) in [6.07, 6.45) is 6.92. The number of benzene rings is 1. The summed E-state index contributed by atoms with van der Waals surface area (Å²) in [5, 5.41) is 4.02. The topological polar surface area (TPSA) is 78.7 Å². The fourth-order valence-electron chi connectivity index (χ4n) is 4.55. The zero-order chi connectivity index (χ0) is 22.2. The predicted molar refractivity (Wildman–Crippen MR) is 123 cm³/mol. The molecule has 7 heteroatoms. The number of amides is 2. The molecule has 2 aliphatic heterocycles. The van der Waals surface area contributed by atoms with Crippen LogP contribution in [-0.2, 0) is 22.7 Å². The van der Waals surface area contributed by atoms with Crippen molar-refractivity contribution in [1.82, 2.24) is 14.8 Å². The summed E-state index contributed by atoms with van der Waals surface area (Å²) in [6.45, 7) is 4.02. The Morgan fingerprint density at radius 1 is 1.38 bits per heavy atom. The van der Waals surface area contributed by atoms with Crippen molar-refractivity contribution in [2.75, 3.05) is 18.9 Å². The molecule has 5 rings (SSSR count). The van der Waals surface area contributed by atoms with E-state index < -0.39 is 0 Å². The van der Waals surface area contributed by atoms with Gasteiger partial charge in [0.05, 0.1) is 12.6 Å². The van der Waals surface area contributed by atoms with E-state index in [9.17, 15) is 9.59 Å². The summed E-state index contributed by atoms with van der Waals surface area (Å²) < 4.78 is 5.93. The highest BCUT2D eigenvalue weighted by molar-refractivity contribution is 5.96. The number of carbonyl (C=O) groups is 2. The molecule has 0 radical (unpaired) electrons. The number of nitrogens with zero attached hydrogens (tertiary/aromatic N) is 3. The van der Waals surface area contributed by atoms with Crippen LogP contribution in [0.15, 0.2) is 47.0 Å². The summed E-state index contributed by atoms with van der Waals surface area (Å²) in [5.41, 5.74) is 3.70. The summed E-state index contributed by atoms with van der Waals surface area (Å²) in [6, 6.07) is 9.81. The molecule has 1 saturated heterocycles. The largest absolute Gasteiger partial charge is 0.459 e. The average molecular weight is 431 g/mol. The van der Waals surface area contributed by atoms with Crippen molar-refractivity contribution in [3.63, 3.8) is 0 Å². The zero-order valence-electron chi connectivity index (χ0n) is 18.3. The number of carbonyl (C=O) groups excluding carboxylic acids is 2. The summed E-state index contributed by atoms with van der Waals surface area (Å²) in [4.78, 5) is 33.4. The van der Waals surface area contributed by atoms with Gasteiger partial charge in [0.25, 0.3) is 0 Å². The summed E-state index contributed by atoms with van der Waals surface area (Å²) >= 11 is 0. The quantitative estimate of drug-likeness (QED) is 0.638. The molecule has 0 spiro atoms. The molecule has 7 nitrogen and oxygen atoms in total. The number of likely N-dealkylation sites (N-methyl/N-ethyl adjacent to an activating group) is 1. The third-order valence-electron chi connectivity index (χ3n) is 6.39. The second kappa shape index (κ2) is 8.24. The van der Waals surface area contributed by atoms with Gasteiger partial charge in [-0.25, -0.2) is 4.98 Å². The highest BCUT2D eigenvalue weighted by atomic mass is 16.3. The lowest BCUT2D eigenvalue weighted by Crippen LogP contribution is -2.36. The molecular weight excluding hydrogens is 404 g/mol. The van der Waals surface area contributed by atoms with Gasteiger partial charge in [0, 0.05) is 42.4 Å². The number of aromatic nitrogens is 1. The molecule has 2 amide bonds. The average Bonchev–Trinajstić information content (AvgIpc) is 3.35. The number of hydrogen-bond acceptors (Lipinski definition) is 5. The minimum absolute atomic E-state index is 0.0229. The lowest BCUT2D eigenvalue weighted by Gasteiger charge is -2.19. The Morgan fingerprint density at radius 3 is 3.06 bits per heavy atom. The predicted octanol–water partition coefficient (Wildman–Crippen LogP) is 3.72. The van der Waals surface area contributed by atoms with E-state index in [1.807, 2.05) is 37.3 Å². The van der Waals surface area contributed by atoms with Gasteiger partial charge in [0.15, 0.2) is 0 Å². The minimum Gasteiger partial charge on any atom is -0.459 e. The first-order chi connectivity index (χ1) is 15.5. The maximum Gasteiger partial charge on any atom is 0.246 e. The molecule has 0 saturated carbocycles.